The molecule has 1 atom stereocenters. The van der Waals surface area contributed by atoms with Gasteiger partial charge in [0.25, 0.3) is 0 Å². The lowest BCUT2D eigenvalue weighted by Crippen LogP contribution is -2.09. The molecule has 0 fully saturated rings. The van der Waals surface area contributed by atoms with Crippen LogP contribution in [0.4, 0.5) is 0 Å². The summed E-state index contributed by atoms with van der Waals surface area (Å²) in [6, 6.07) is 0. The third kappa shape index (κ3) is 7.58. The second-order valence-corrected chi connectivity index (χ2v) is 3.61. The Morgan fingerprint density at radius 3 is 2.57 bits per heavy atom. The van der Waals surface area contributed by atoms with E-state index in [2.05, 4.69) is 4.99 Å². The molecule has 0 saturated heterocycles. The first-order valence-electron chi connectivity index (χ1n) is 5.03. The molecule has 0 aliphatic heterocycles. The predicted octanol–water partition coefficient (Wildman–Crippen LogP) is 1.64. The van der Waals surface area contributed by atoms with E-state index in [4.69, 9.17) is 10.8 Å². The highest BCUT2D eigenvalue weighted by atomic mass is 16.4. The van der Waals surface area contributed by atoms with Crippen molar-refractivity contribution < 1.29 is 9.90 Å². The van der Waals surface area contributed by atoms with Crippen LogP contribution in [-0.4, -0.2) is 23.5 Å². The number of carboxylic acid groups (broad SMARTS) is 1. The number of rotatable bonds is 7. The predicted molar refractivity (Wildman–Crippen MR) is 57.4 cm³/mol. The molecule has 0 heterocycles. The molecule has 0 amide bonds. The monoisotopic (exact) mass is 200 g/mol. The highest BCUT2D eigenvalue weighted by molar-refractivity contribution is 5.77. The quantitative estimate of drug-likeness (QED) is 0.372. The van der Waals surface area contributed by atoms with Crippen molar-refractivity contribution in [1.29, 1.82) is 0 Å². The van der Waals surface area contributed by atoms with Gasteiger partial charge in [0.1, 0.15) is 0 Å². The van der Waals surface area contributed by atoms with Crippen molar-refractivity contribution in [3.8, 4) is 0 Å². The van der Waals surface area contributed by atoms with Gasteiger partial charge in [-0.05, 0) is 19.8 Å². The van der Waals surface area contributed by atoms with Crippen LogP contribution in [0.5, 0.6) is 0 Å². The Morgan fingerprint density at radius 2 is 2.07 bits per heavy atom. The summed E-state index contributed by atoms with van der Waals surface area (Å²) in [4.78, 5) is 14.5. The lowest BCUT2D eigenvalue weighted by Gasteiger charge is -2.04. The van der Waals surface area contributed by atoms with Crippen LogP contribution < -0.4 is 5.73 Å². The fourth-order valence-corrected chi connectivity index (χ4v) is 1.12. The second kappa shape index (κ2) is 7.35. The molecular formula is C10H20N2O2. The topological polar surface area (TPSA) is 75.7 Å². The number of amidine groups is 1. The van der Waals surface area contributed by atoms with Gasteiger partial charge < -0.3 is 10.8 Å². The van der Waals surface area contributed by atoms with Gasteiger partial charge in [-0.25, -0.2) is 0 Å². The van der Waals surface area contributed by atoms with Crippen LogP contribution in [-0.2, 0) is 4.79 Å². The molecule has 4 heteroatoms. The second-order valence-electron chi connectivity index (χ2n) is 3.61. The largest absolute Gasteiger partial charge is 0.481 e. The Morgan fingerprint density at radius 1 is 1.43 bits per heavy atom. The van der Waals surface area contributed by atoms with E-state index in [-0.39, 0.29) is 5.92 Å². The van der Waals surface area contributed by atoms with Gasteiger partial charge in [0.2, 0.25) is 0 Å². The summed E-state index contributed by atoms with van der Waals surface area (Å²) in [5.74, 6) is -0.320. The number of hydrogen-bond acceptors (Lipinski definition) is 2. The van der Waals surface area contributed by atoms with Crippen molar-refractivity contribution in [2.45, 2.75) is 39.5 Å². The van der Waals surface area contributed by atoms with Crippen molar-refractivity contribution in [3.05, 3.63) is 0 Å². The van der Waals surface area contributed by atoms with Gasteiger partial charge in [-0.15, -0.1) is 0 Å². The SMILES string of the molecule is CC(N)=NCCCCC[C@H](C)C(=O)O. The first-order chi connectivity index (χ1) is 6.54. The first kappa shape index (κ1) is 12.9. The fourth-order valence-electron chi connectivity index (χ4n) is 1.12. The summed E-state index contributed by atoms with van der Waals surface area (Å²) in [5, 5.41) is 8.62. The number of nitrogens with zero attached hydrogens (tertiary/aromatic N) is 1. The van der Waals surface area contributed by atoms with Crippen molar-refractivity contribution >= 4 is 11.8 Å². The van der Waals surface area contributed by atoms with Gasteiger partial charge in [-0.1, -0.05) is 19.8 Å². The van der Waals surface area contributed by atoms with Crippen molar-refractivity contribution in [1.82, 2.24) is 0 Å². The van der Waals surface area contributed by atoms with Gasteiger partial charge in [0, 0.05) is 6.54 Å². The van der Waals surface area contributed by atoms with E-state index in [9.17, 15) is 4.79 Å². The van der Waals surface area contributed by atoms with E-state index in [0.29, 0.717) is 5.84 Å². The van der Waals surface area contributed by atoms with Crippen LogP contribution in [0.1, 0.15) is 39.5 Å². The fraction of sp³-hybridized carbons (Fsp3) is 0.800. The number of aliphatic imine (C=N–C) groups is 1. The number of carbonyl (C=O) groups is 1. The summed E-state index contributed by atoms with van der Waals surface area (Å²) in [5.41, 5.74) is 5.37. The minimum absolute atomic E-state index is 0.227. The van der Waals surface area contributed by atoms with E-state index in [0.717, 1.165) is 32.2 Å². The highest BCUT2D eigenvalue weighted by Gasteiger charge is 2.09. The van der Waals surface area contributed by atoms with Gasteiger partial charge in [0.15, 0.2) is 0 Å². The number of carboxylic acids is 1. The third-order valence-corrected chi connectivity index (χ3v) is 2.08. The zero-order valence-electron chi connectivity index (χ0n) is 8.99. The third-order valence-electron chi connectivity index (χ3n) is 2.08. The van der Waals surface area contributed by atoms with Crippen LogP contribution in [0, 0.1) is 5.92 Å². The molecule has 0 spiro atoms. The Kier molecular flexibility index (Phi) is 6.80. The average Bonchev–Trinajstić information content (AvgIpc) is 2.09. The van der Waals surface area contributed by atoms with Crippen LogP contribution >= 0.6 is 0 Å². The summed E-state index contributed by atoms with van der Waals surface area (Å²) >= 11 is 0. The molecule has 4 nitrogen and oxygen atoms in total. The van der Waals surface area contributed by atoms with Crippen molar-refractivity contribution in [3.63, 3.8) is 0 Å². The Labute approximate surface area is 85.2 Å². The maximum absolute atomic E-state index is 10.5. The molecule has 0 saturated carbocycles. The molecule has 0 aliphatic rings. The van der Waals surface area contributed by atoms with Crippen LogP contribution in [0.15, 0.2) is 4.99 Å². The standard InChI is InChI=1S/C10H20N2O2/c1-8(10(13)14)6-4-3-5-7-12-9(2)11/h8H,3-7H2,1-2H3,(H2,11,12)(H,13,14)/t8-/m0/s1. The van der Waals surface area contributed by atoms with Gasteiger partial charge in [-0.2, -0.15) is 0 Å². The Hall–Kier alpha value is -1.06. The lowest BCUT2D eigenvalue weighted by molar-refractivity contribution is -0.141. The minimum Gasteiger partial charge on any atom is -0.481 e. The number of aliphatic carboxylic acids is 1. The molecule has 0 aromatic carbocycles. The van der Waals surface area contributed by atoms with Crippen LogP contribution in [0.3, 0.4) is 0 Å². The van der Waals surface area contributed by atoms with E-state index in [1.807, 2.05) is 0 Å². The Balaban J connectivity index is 3.30. The van der Waals surface area contributed by atoms with Crippen LogP contribution in [0.2, 0.25) is 0 Å². The number of hydrogen-bond donors (Lipinski definition) is 2. The summed E-state index contributed by atoms with van der Waals surface area (Å²) in [6.07, 6.45) is 3.71. The normalized spacial score (nSPS) is 14.0. The molecule has 14 heavy (non-hydrogen) atoms. The van der Waals surface area contributed by atoms with Gasteiger partial charge in [-0.3, -0.25) is 9.79 Å². The lowest BCUT2D eigenvalue weighted by atomic mass is 10.0. The molecule has 3 N–H and O–H groups in total. The molecule has 0 bridgehead atoms. The number of nitrogens with two attached hydrogens (primary N) is 1. The maximum atomic E-state index is 10.5. The van der Waals surface area contributed by atoms with Crippen molar-refractivity contribution in [2.24, 2.45) is 16.6 Å². The molecule has 0 rings (SSSR count). The van der Waals surface area contributed by atoms with Gasteiger partial charge >= 0.3 is 5.97 Å². The molecular weight excluding hydrogens is 180 g/mol. The van der Waals surface area contributed by atoms with E-state index < -0.39 is 5.97 Å². The molecule has 0 aliphatic carbocycles. The first-order valence-corrected chi connectivity index (χ1v) is 5.03. The average molecular weight is 200 g/mol. The van der Waals surface area contributed by atoms with E-state index >= 15 is 0 Å². The highest BCUT2D eigenvalue weighted by Crippen LogP contribution is 2.09. The molecule has 0 unspecified atom stereocenters. The van der Waals surface area contributed by atoms with Crippen molar-refractivity contribution in [2.75, 3.05) is 6.54 Å². The molecule has 0 aromatic rings. The summed E-state index contributed by atoms with van der Waals surface area (Å²) < 4.78 is 0. The zero-order valence-corrected chi connectivity index (χ0v) is 8.99. The summed E-state index contributed by atoms with van der Waals surface area (Å²) in [6.45, 7) is 4.26. The molecule has 0 aromatic heterocycles. The molecule has 0 radical (unpaired) electrons. The van der Waals surface area contributed by atoms with E-state index in [1.165, 1.54) is 0 Å². The minimum atomic E-state index is -0.708. The number of unbranched alkanes of at least 4 members (excludes halogenated alkanes) is 2. The van der Waals surface area contributed by atoms with Gasteiger partial charge in [0.05, 0.1) is 11.8 Å². The Bertz CT molecular complexity index is 198. The smallest absolute Gasteiger partial charge is 0.306 e. The van der Waals surface area contributed by atoms with E-state index in [1.54, 1.807) is 13.8 Å². The zero-order chi connectivity index (χ0) is 11.0. The maximum Gasteiger partial charge on any atom is 0.306 e. The summed E-state index contributed by atoms with van der Waals surface area (Å²) in [7, 11) is 0. The molecule has 82 valence electrons. The van der Waals surface area contributed by atoms with Crippen LogP contribution in [0.25, 0.3) is 0 Å².